The van der Waals surface area contributed by atoms with Gasteiger partial charge in [0.05, 0.1) is 0 Å². The molecule has 1 aromatic rings. The number of anilines is 1. The molecule has 4 heteroatoms. The Morgan fingerprint density at radius 2 is 2.21 bits per heavy atom. The molecule has 0 saturated carbocycles. The summed E-state index contributed by atoms with van der Waals surface area (Å²) in [4.78, 5) is 15.2. The first kappa shape index (κ1) is 10.8. The van der Waals surface area contributed by atoms with Crippen LogP contribution in [0, 0.1) is 5.92 Å². The first-order valence-electron chi connectivity index (χ1n) is 4.91. The molecule has 0 aromatic carbocycles. The molecule has 0 fully saturated rings. The molecular weight excluding hydrogens is 178 g/mol. The molecule has 4 nitrogen and oxygen atoms in total. The number of nitrogen functional groups attached to an aromatic ring is 1. The molecular formula is C10H17N3O. The highest BCUT2D eigenvalue weighted by atomic mass is 16.1. The first-order valence-corrected chi connectivity index (χ1v) is 4.91. The topological polar surface area (TPSA) is 60.9 Å². The molecule has 1 aromatic heterocycles. The van der Waals surface area contributed by atoms with Crippen LogP contribution in [0.2, 0.25) is 0 Å². The molecule has 2 N–H and O–H groups in total. The molecule has 0 bridgehead atoms. The molecule has 0 aliphatic rings. The van der Waals surface area contributed by atoms with E-state index in [1.165, 1.54) is 0 Å². The van der Waals surface area contributed by atoms with E-state index >= 15 is 0 Å². The van der Waals surface area contributed by atoms with Crippen molar-refractivity contribution in [3.63, 3.8) is 0 Å². The molecule has 0 amide bonds. The Balaban J connectivity index is 3.02. The van der Waals surface area contributed by atoms with Crippen molar-refractivity contribution in [3.8, 4) is 0 Å². The molecule has 0 aliphatic carbocycles. The fraction of sp³-hybridized carbons (Fsp3) is 0.600. The average molecular weight is 195 g/mol. The minimum absolute atomic E-state index is 0.167. The van der Waals surface area contributed by atoms with E-state index in [1.54, 1.807) is 16.8 Å². The summed E-state index contributed by atoms with van der Waals surface area (Å²) in [6, 6.07) is 1.82. The summed E-state index contributed by atoms with van der Waals surface area (Å²) in [6.07, 6.45) is 2.75. The standard InChI is InChI=1S/C10H17N3O/c1-4-7(2)8(3)13-6-5-9(11)12-10(13)14/h5-8H,4H2,1-3H3,(H2,11,12,14). The lowest BCUT2D eigenvalue weighted by molar-refractivity contribution is 0.358. The zero-order chi connectivity index (χ0) is 10.7. The van der Waals surface area contributed by atoms with E-state index in [9.17, 15) is 4.79 Å². The Labute approximate surface area is 83.8 Å². The van der Waals surface area contributed by atoms with Crippen LogP contribution in [0.15, 0.2) is 17.1 Å². The van der Waals surface area contributed by atoms with Gasteiger partial charge in [-0.25, -0.2) is 4.79 Å². The van der Waals surface area contributed by atoms with Gasteiger partial charge < -0.3 is 5.73 Å². The van der Waals surface area contributed by atoms with Crippen LogP contribution in [0.25, 0.3) is 0 Å². The van der Waals surface area contributed by atoms with Gasteiger partial charge in [0.1, 0.15) is 5.82 Å². The van der Waals surface area contributed by atoms with Gasteiger partial charge in [0, 0.05) is 12.2 Å². The molecule has 1 rings (SSSR count). The number of hydrogen-bond acceptors (Lipinski definition) is 3. The third-order valence-electron chi connectivity index (χ3n) is 2.76. The Kier molecular flexibility index (Phi) is 3.28. The highest BCUT2D eigenvalue weighted by molar-refractivity contribution is 5.23. The van der Waals surface area contributed by atoms with Gasteiger partial charge >= 0.3 is 5.69 Å². The third kappa shape index (κ3) is 2.13. The van der Waals surface area contributed by atoms with Crippen LogP contribution in [0.5, 0.6) is 0 Å². The van der Waals surface area contributed by atoms with Gasteiger partial charge in [-0.05, 0) is 18.9 Å². The normalized spacial score (nSPS) is 15.1. The third-order valence-corrected chi connectivity index (χ3v) is 2.76. The number of hydrogen-bond donors (Lipinski definition) is 1. The van der Waals surface area contributed by atoms with Crippen LogP contribution in [-0.4, -0.2) is 9.55 Å². The monoisotopic (exact) mass is 195 g/mol. The minimum Gasteiger partial charge on any atom is -0.383 e. The molecule has 1 heterocycles. The summed E-state index contributed by atoms with van der Waals surface area (Å²) in [5.74, 6) is 0.737. The zero-order valence-corrected chi connectivity index (χ0v) is 8.90. The summed E-state index contributed by atoms with van der Waals surface area (Å²) in [5, 5.41) is 0. The van der Waals surface area contributed by atoms with Crippen LogP contribution >= 0.6 is 0 Å². The lowest BCUT2D eigenvalue weighted by Gasteiger charge is -2.20. The van der Waals surface area contributed by atoms with Crippen molar-refractivity contribution in [2.45, 2.75) is 33.2 Å². The molecule has 0 saturated heterocycles. The second-order valence-electron chi connectivity index (χ2n) is 3.67. The lowest BCUT2D eigenvalue weighted by Crippen LogP contribution is -2.28. The van der Waals surface area contributed by atoms with Crippen LogP contribution < -0.4 is 11.4 Å². The van der Waals surface area contributed by atoms with Crippen molar-refractivity contribution in [1.82, 2.24) is 9.55 Å². The van der Waals surface area contributed by atoms with Gasteiger partial charge in [0.2, 0.25) is 0 Å². The number of rotatable bonds is 3. The predicted molar refractivity (Wildman–Crippen MR) is 57.1 cm³/mol. The van der Waals surface area contributed by atoms with Crippen molar-refractivity contribution >= 4 is 5.82 Å². The smallest absolute Gasteiger partial charge is 0.349 e. The molecule has 0 aliphatic heterocycles. The van der Waals surface area contributed by atoms with E-state index in [-0.39, 0.29) is 17.5 Å². The summed E-state index contributed by atoms with van der Waals surface area (Å²) in [6.45, 7) is 6.25. The van der Waals surface area contributed by atoms with Crippen LogP contribution in [0.1, 0.15) is 33.2 Å². The molecule has 78 valence electrons. The fourth-order valence-electron chi connectivity index (χ4n) is 1.35. The van der Waals surface area contributed by atoms with Gasteiger partial charge in [-0.3, -0.25) is 4.57 Å². The van der Waals surface area contributed by atoms with Crippen molar-refractivity contribution in [2.24, 2.45) is 5.92 Å². The summed E-state index contributed by atoms with van der Waals surface area (Å²) < 4.78 is 1.63. The van der Waals surface area contributed by atoms with E-state index in [1.807, 2.05) is 6.92 Å². The van der Waals surface area contributed by atoms with Crippen LogP contribution in [-0.2, 0) is 0 Å². The lowest BCUT2D eigenvalue weighted by atomic mass is 10.0. The van der Waals surface area contributed by atoms with Crippen molar-refractivity contribution < 1.29 is 0 Å². The van der Waals surface area contributed by atoms with Gasteiger partial charge in [0.25, 0.3) is 0 Å². The molecule has 2 atom stereocenters. The van der Waals surface area contributed by atoms with E-state index in [4.69, 9.17) is 5.73 Å². The van der Waals surface area contributed by atoms with Crippen molar-refractivity contribution in [1.29, 1.82) is 0 Å². The van der Waals surface area contributed by atoms with Crippen molar-refractivity contribution in [3.05, 3.63) is 22.7 Å². The highest BCUT2D eigenvalue weighted by Gasteiger charge is 2.13. The Morgan fingerprint density at radius 3 is 2.71 bits per heavy atom. The Morgan fingerprint density at radius 1 is 1.57 bits per heavy atom. The summed E-state index contributed by atoms with van der Waals surface area (Å²) in [7, 11) is 0. The predicted octanol–water partition coefficient (Wildman–Crippen LogP) is 1.43. The average Bonchev–Trinajstić information content (AvgIpc) is 2.15. The molecule has 2 unspecified atom stereocenters. The maximum absolute atomic E-state index is 11.5. The summed E-state index contributed by atoms with van der Waals surface area (Å²) in [5.41, 5.74) is 5.15. The number of nitrogens with two attached hydrogens (primary N) is 1. The first-order chi connectivity index (χ1) is 6.56. The quantitative estimate of drug-likeness (QED) is 0.793. The van der Waals surface area contributed by atoms with Crippen molar-refractivity contribution in [2.75, 3.05) is 5.73 Å². The Bertz CT molecular complexity index is 359. The fourth-order valence-corrected chi connectivity index (χ4v) is 1.35. The van der Waals surface area contributed by atoms with Gasteiger partial charge in [0.15, 0.2) is 0 Å². The molecule has 0 spiro atoms. The van der Waals surface area contributed by atoms with Gasteiger partial charge in [-0.1, -0.05) is 20.3 Å². The zero-order valence-electron chi connectivity index (χ0n) is 8.90. The van der Waals surface area contributed by atoms with Crippen LogP contribution in [0.4, 0.5) is 5.82 Å². The van der Waals surface area contributed by atoms with Gasteiger partial charge in [-0.2, -0.15) is 4.98 Å². The SMILES string of the molecule is CCC(C)C(C)n1ccc(N)nc1=O. The molecule has 14 heavy (non-hydrogen) atoms. The van der Waals surface area contributed by atoms with E-state index in [0.29, 0.717) is 5.92 Å². The van der Waals surface area contributed by atoms with E-state index in [2.05, 4.69) is 18.8 Å². The highest BCUT2D eigenvalue weighted by Crippen LogP contribution is 2.17. The Hall–Kier alpha value is -1.32. The van der Waals surface area contributed by atoms with E-state index < -0.39 is 0 Å². The second-order valence-corrected chi connectivity index (χ2v) is 3.67. The van der Waals surface area contributed by atoms with E-state index in [0.717, 1.165) is 6.42 Å². The molecule has 0 radical (unpaired) electrons. The summed E-state index contributed by atoms with van der Waals surface area (Å²) >= 11 is 0. The van der Waals surface area contributed by atoms with Crippen LogP contribution in [0.3, 0.4) is 0 Å². The maximum atomic E-state index is 11.5. The number of nitrogens with zero attached hydrogens (tertiary/aromatic N) is 2. The van der Waals surface area contributed by atoms with Gasteiger partial charge in [-0.15, -0.1) is 0 Å². The minimum atomic E-state index is -0.266. The largest absolute Gasteiger partial charge is 0.383 e. The number of aromatic nitrogens is 2. The maximum Gasteiger partial charge on any atom is 0.349 e. The second kappa shape index (κ2) is 4.26.